The van der Waals surface area contributed by atoms with Crippen LogP contribution in [0.4, 0.5) is 5.13 Å². The Morgan fingerprint density at radius 1 is 1.50 bits per heavy atom. The van der Waals surface area contributed by atoms with Crippen molar-refractivity contribution in [3.05, 3.63) is 24.2 Å². The second-order valence-corrected chi connectivity index (χ2v) is 5.26. The Balaban J connectivity index is 1.94. The van der Waals surface area contributed by atoms with Gasteiger partial charge in [-0.15, -0.1) is 10.2 Å². The second kappa shape index (κ2) is 5.65. The van der Waals surface area contributed by atoms with Gasteiger partial charge in [0, 0.05) is 0 Å². The number of carbonyl (C=O) groups is 2. The predicted molar refractivity (Wildman–Crippen MR) is 66.5 cm³/mol. The largest absolute Gasteiger partial charge is 0.459 e. The molecule has 0 bridgehead atoms. The summed E-state index contributed by atoms with van der Waals surface area (Å²) in [7, 11) is 0. The highest BCUT2D eigenvalue weighted by atomic mass is 32.2. The van der Waals surface area contributed by atoms with Gasteiger partial charge in [0.05, 0.1) is 12.0 Å². The summed E-state index contributed by atoms with van der Waals surface area (Å²) < 4.78 is 5.49. The number of aromatic nitrogens is 2. The lowest BCUT2D eigenvalue weighted by Crippen LogP contribution is -2.12. The molecular weight excluding hydrogens is 276 g/mol. The number of rotatable bonds is 5. The zero-order valence-corrected chi connectivity index (χ0v) is 10.6. The molecule has 2 heterocycles. The number of thioether (sulfide) groups is 1. The van der Waals surface area contributed by atoms with Crippen molar-refractivity contribution in [1.29, 1.82) is 0 Å². The number of primary amides is 1. The van der Waals surface area contributed by atoms with Gasteiger partial charge in [0.15, 0.2) is 10.1 Å². The SMILES string of the molecule is NC(=O)CSc1nnc(NC(=O)c2ccco2)s1. The Bertz CT molecular complexity index is 552. The molecule has 0 aliphatic carbocycles. The number of amides is 2. The lowest BCUT2D eigenvalue weighted by atomic mass is 10.4. The average Bonchev–Trinajstić information content (AvgIpc) is 2.97. The third kappa shape index (κ3) is 3.31. The summed E-state index contributed by atoms with van der Waals surface area (Å²) in [5.41, 5.74) is 5.01. The topological polar surface area (TPSA) is 111 Å². The normalized spacial score (nSPS) is 10.2. The molecule has 18 heavy (non-hydrogen) atoms. The molecule has 0 radical (unpaired) electrons. The lowest BCUT2D eigenvalue weighted by molar-refractivity contribution is -0.115. The van der Waals surface area contributed by atoms with Crippen LogP contribution in [-0.4, -0.2) is 27.8 Å². The Morgan fingerprint density at radius 2 is 2.33 bits per heavy atom. The maximum atomic E-state index is 11.6. The van der Waals surface area contributed by atoms with Crippen LogP contribution >= 0.6 is 23.1 Å². The van der Waals surface area contributed by atoms with Gasteiger partial charge in [0.2, 0.25) is 11.0 Å². The zero-order valence-electron chi connectivity index (χ0n) is 8.95. The van der Waals surface area contributed by atoms with E-state index in [1.165, 1.54) is 18.0 Å². The van der Waals surface area contributed by atoms with Crippen molar-refractivity contribution in [1.82, 2.24) is 10.2 Å². The van der Waals surface area contributed by atoms with E-state index in [2.05, 4.69) is 15.5 Å². The third-order valence-electron chi connectivity index (χ3n) is 1.71. The van der Waals surface area contributed by atoms with E-state index in [9.17, 15) is 9.59 Å². The molecule has 0 fully saturated rings. The summed E-state index contributed by atoms with van der Waals surface area (Å²) in [6.45, 7) is 0. The van der Waals surface area contributed by atoms with Crippen molar-refractivity contribution in [3.8, 4) is 0 Å². The van der Waals surface area contributed by atoms with Crippen LogP contribution in [0.2, 0.25) is 0 Å². The van der Waals surface area contributed by atoms with Gasteiger partial charge in [0.25, 0.3) is 5.91 Å². The first-order valence-corrected chi connectivity index (χ1v) is 6.55. The molecule has 2 amide bonds. The summed E-state index contributed by atoms with van der Waals surface area (Å²) in [5, 5.41) is 10.4. The standard InChI is InChI=1S/C9H8N4O3S2/c10-6(14)4-17-9-13-12-8(18-9)11-7(15)5-2-1-3-16-5/h1-3H,4H2,(H2,10,14)(H,11,12,15). The summed E-state index contributed by atoms with van der Waals surface area (Å²) in [4.78, 5) is 22.2. The fraction of sp³-hybridized carbons (Fsp3) is 0.111. The van der Waals surface area contributed by atoms with E-state index >= 15 is 0 Å². The van der Waals surface area contributed by atoms with Crippen LogP contribution in [0, 0.1) is 0 Å². The van der Waals surface area contributed by atoms with Crippen molar-refractivity contribution in [2.75, 3.05) is 11.1 Å². The van der Waals surface area contributed by atoms with Crippen LogP contribution in [0.15, 0.2) is 27.2 Å². The average molecular weight is 284 g/mol. The molecule has 0 atom stereocenters. The van der Waals surface area contributed by atoms with Gasteiger partial charge in [-0.1, -0.05) is 23.1 Å². The molecular formula is C9H8N4O3S2. The number of nitrogens with zero attached hydrogens (tertiary/aromatic N) is 2. The molecule has 0 saturated heterocycles. The van der Waals surface area contributed by atoms with E-state index in [4.69, 9.17) is 10.2 Å². The molecule has 9 heteroatoms. The summed E-state index contributed by atoms with van der Waals surface area (Å²) in [6.07, 6.45) is 1.41. The molecule has 0 aliphatic heterocycles. The second-order valence-electron chi connectivity index (χ2n) is 3.06. The van der Waals surface area contributed by atoms with Gasteiger partial charge in [-0.3, -0.25) is 14.9 Å². The van der Waals surface area contributed by atoms with E-state index in [0.717, 1.165) is 11.3 Å². The molecule has 3 N–H and O–H groups in total. The summed E-state index contributed by atoms with van der Waals surface area (Å²) in [6, 6.07) is 3.16. The van der Waals surface area contributed by atoms with Crippen LogP contribution in [-0.2, 0) is 4.79 Å². The zero-order chi connectivity index (χ0) is 13.0. The van der Waals surface area contributed by atoms with Gasteiger partial charge in [-0.25, -0.2) is 0 Å². The van der Waals surface area contributed by atoms with Crippen molar-refractivity contribution >= 4 is 40.0 Å². The molecule has 7 nitrogen and oxygen atoms in total. The van der Waals surface area contributed by atoms with Gasteiger partial charge in [-0.2, -0.15) is 0 Å². The highest BCUT2D eigenvalue weighted by Crippen LogP contribution is 2.25. The number of hydrogen-bond donors (Lipinski definition) is 2. The molecule has 2 aromatic heterocycles. The number of hydrogen-bond acceptors (Lipinski definition) is 7. The first-order valence-electron chi connectivity index (χ1n) is 4.74. The molecule has 0 saturated carbocycles. The number of nitrogens with two attached hydrogens (primary N) is 1. The smallest absolute Gasteiger partial charge is 0.293 e. The van der Waals surface area contributed by atoms with Crippen LogP contribution < -0.4 is 11.1 Å². The summed E-state index contributed by atoms with van der Waals surface area (Å²) in [5.74, 6) is -0.517. The van der Waals surface area contributed by atoms with E-state index in [1.54, 1.807) is 12.1 Å². The van der Waals surface area contributed by atoms with E-state index in [-0.39, 0.29) is 11.5 Å². The lowest BCUT2D eigenvalue weighted by Gasteiger charge is -1.95. The molecule has 2 aromatic rings. The number of furan rings is 1. The van der Waals surface area contributed by atoms with Crippen molar-refractivity contribution < 1.29 is 14.0 Å². The number of anilines is 1. The van der Waals surface area contributed by atoms with Crippen LogP contribution in [0.3, 0.4) is 0 Å². The predicted octanol–water partition coefficient (Wildman–Crippen LogP) is 0.961. The fourth-order valence-corrected chi connectivity index (χ4v) is 2.50. The molecule has 94 valence electrons. The Kier molecular flexibility index (Phi) is 3.95. The molecule has 2 rings (SSSR count). The minimum atomic E-state index is -0.434. The molecule has 0 aromatic carbocycles. The number of carbonyl (C=O) groups excluding carboxylic acids is 2. The quantitative estimate of drug-likeness (QED) is 0.625. The van der Waals surface area contributed by atoms with Gasteiger partial charge < -0.3 is 10.2 Å². The maximum Gasteiger partial charge on any atom is 0.293 e. The minimum absolute atomic E-state index is 0.126. The highest BCUT2D eigenvalue weighted by Gasteiger charge is 2.12. The Morgan fingerprint density at radius 3 is 3.00 bits per heavy atom. The van der Waals surface area contributed by atoms with Crippen molar-refractivity contribution in [3.63, 3.8) is 0 Å². The van der Waals surface area contributed by atoms with Gasteiger partial charge in [-0.05, 0) is 12.1 Å². The molecule has 0 unspecified atom stereocenters. The first kappa shape index (κ1) is 12.6. The Hall–Kier alpha value is -1.87. The monoisotopic (exact) mass is 284 g/mol. The van der Waals surface area contributed by atoms with E-state index in [0.29, 0.717) is 9.47 Å². The van der Waals surface area contributed by atoms with Crippen molar-refractivity contribution in [2.45, 2.75) is 4.34 Å². The number of nitrogens with one attached hydrogen (secondary N) is 1. The van der Waals surface area contributed by atoms with Gasteiger partial charge in [0.1, 0.15) is 0 Å². The Labute approximate surface area is 110 Å². The van der Waals surface area contributed by atoms with Crippen LogP contribution in [0.5, 0.6) is 0 Å². The summed E-state index contributed by atoms with van der Waals surface area (Å²) >= 11 is 2.33. The third-order valence-corrected chi connectivity index (χ3v) is 3.70. The fourth-order valence-electron chi connectivity index (χ4n) is 1.02. The van der Waals surface area contributed by atoms with Crippen LogP contribution in [0.25, 0.3) is 0 Å². The highest BCUT2D eigenvalue weighted by molar-refractivity contribution is 8.01. The van der Waals surface area contributed by atoms with E-state index < -0.39 is 11.8 Å². The van der Waals surface area contributed by atoms with E-state index in [1.807, 2.05) is 0 Å². The maximum absolute atomic E-state index is 11.6. The molecule has 0 spiro atoms. The molecule has 0 aliphatic rings. The van der Waals surface area contributed by atoms with Crippen molar-refractivity contribution in [2.24, 2.45) is 5.73 Å². The van der Waals surface area contributed by atoms with Crippen LogP contribution in [0.1, 0.15) is 10.6 Å². The minimum Gasteiger partial charge on any atom is -0.459 e. The first-order chi connectivity index (χ1) is 8.65. The van der Waals surface area contributed by atoms with Gasteiger partial charge >= 0.3 is 0 Å².